The molecule has 80 valence electrons. The molecule has 0 unspecified atom stereocenters. The number of benzene rings is 1. The van der Waals surface area contributed by atoms with Crippen molar-refractivity contribution < 1.29 is 5.11 Å². The normalized spacial score (nSPS) is 10.8. The van der Waals surface area contributed by atoms with Gasteiger partial charge in [0.1, 0.15) is 5.75 Å². The molecule has 1 aromatic heterocycles. The lowest BCUT2D eigenvalue weighted by molar-refractivity contribution is 0.474. The van der Waals surface area contributed by atoms with Gasteiger partial charge in [0.2, 0.25) is 0 Å². The number of phenolic OH excluding ortho intramolecular Hbond substituents is 1. The molecule has 0 aliphatic rings. The predicted octanol–water partition coefficient (Wildman–Crippen LogP) is 3.61. The van der Waals surface area contributed by atoms with Gasteiger partial charge in [0.25, 0.3) is 0 Å². The van der Waals surface area contributed by atoms with Gasteiger partial charge in [0, 0.05) is 16.8 Å². The van der Waals surface area contributed by atoms with E-state index in [0.29, 0.717) is 10.6 Å². The van der Waals surface area contributed by atoms with E-state index in [9.17, 15) is 5.11 Å². The van der Waals surface area contributed by atoms with Crippen LogP contribution in [-0.4, -0.2) is 10.1 Å². The van der Waals surface area contributed by atoms with Gasteiger partial charge in [-0.25, -0.2) is 0 Å². The van der Waals surface area contributed by atoms with Crippen molar-refractivity contribution >= 4 is 23.8 Å². The maximum Gasteiger partial charge on any atom is 0.122 e. The summed E-state index contributed by atoms with van der Waals surface area (Å²) in [6.45, 7) is 0. The first-order valence-electron chi connectivity index (χ1n) is 4.83. The number of pyridine rings is 1. The third-order valence-corrected chi connectivity index (χ3v) is 2.35. The van der Waals surface area contributed by atoms with E-state index in [1.165, 1.54) is 0 Å². The third kappa shape index (κ3) is 2.61. The van der Waals surface area contributed by atoms with Crippen LogP contribution in [0, 0.1) is 0 Å². The van der Waals surface area contributed by atoms with Crippen LogP contribution in [0.15, 0.2) is 42.6 Å². The zero-order chi connectivity index (χ0) is 11.4. The largest absolute Gasteiger partial charge is 0.507 e. The molecule has 3 heteroatoms. The number of nitrogens with zero attached hydrogens (tertiary/aromatic N) is 1. The lowest BCUT2D eigenvalue weighted by atomic mass is 10.1. The van der Waals surface area contributed by atoms with Gasteiger partial charge in [-0.2, -0.15) is 0 Å². The van der Waals surface area contributed by atoms with E-state index in [1.54, 1.807) is 30.5 Å². The van der Waals surface area contributed by atoms with E-state index >= 15 is 0 Å². The smallest absolute Gasteiger partial charge is 0.122 e. The maximum atomic E-state index is 9.58. The average molecular weight is 232 g/mol. The molecule has 2 nitrogen and oxygen atoms in total. The molecule has 2 rings (SSSR count). The van der Waals surface area contributed by atoms with E-state index < -0.39 is 0 Å². The van der Waals surface area contributed by atoms with Gasteiger partial charge in [-0.1, -0.05) is 17.7 Å². The molecule has 0 radical (unpaired) electrons. The Bertz CT molecular complexity index is 509. The third-order valence-electron chi connectivity index (χ3n) is 2.11. The van der Waals surface area contributed by atoms with Gasteiger partial charge in [0.05, 0.1) is 5.69 Å². The van der Waals surface area contributed by atoms with Gasteiger partial charge >= 0.3 is 0 Å². The Hall–Kier alpha value is -1.80. The fourth-order valence-electron chi connectivity index (χ4n) is 1.31. The molecular formula is C13H10ClNO. The molecule has 1 heterocycles. The number of halogens is 1. The van der Waals surface area contributed by atoms with E-state index in [2.05, 4.69) is 4.98 Å². The molecule has 16 heavy (non-hydrogen) atoms. The fourth-order valence-corrected chi connectivity index (χ4v) is 1.49. The lowest BCUT2D eigenvalue weighted by Crippen LogP contribution is -1.78. The minimum Gasteiger partial charge on any atom is -0.507 e. The molecule has 0 saturated carbocycles. The molecule has 0 saturated heterocycles. The van der Waals surface area contributed by atoms with Gasteiger partial charge in [-0.3, -0.25) is 4.98 Å². The molecule has 0 fully saturated rings. The minimum atomic E-state index is 0.205. The summed E-state index contributed by atoms with van der Waals surface area (Å²) >= 11 is 5.84. The second-order valence-corrected chi connectivity index (χ2v) is 3.73. The fraction of sp³-hybridized carbons (Fsp3) is 0. The van der Waals surface area contributed by atoms with Crippen molar-refractivity contribution in [1.29, 1.82) is 0 Å². The number of aromatic nitrogens is 1. The van der Waals surface area contributed by atoms with E-state index in [0.717, 1.165) is 5.69 Å². The monoisotopic (exact) mass is 231 g/mol. The second kappa shape index (κ2) is 4.81. The summed E-state index contributed by atoms with van der Waals surface area (Å²) in [4.78, 5) is 4.14. The zero-order valence-electron chi connectivity index (χ0n) is 8.47. The van der Waals surface area contributed by atoms with Crippen LogP contribution in [0.4, 0.5) is 0 Å². The summed E-state index contributed by atoms with van der Waals surface area (Å²) in [5.74, 6) is 0.205. The minimum absolute atomic E-state index is 0.205. The SMILES string of the molecule is Oc1ccc(Cl)cc1C=Cc1ccccn1. The van der Waals surface area contributed by atoms with Crippen LogP contribution < -0.4 is 0 Å². The summed E-state index contributed by atoms with van der Waals surface area (Å²) in [5, 5.41) is 10.2. The Morgan fingerprint density at radius 1 is 1.12 bits per heavy atom. The van der Waals surface area contributed by atoms with Crippen molar-refractivity contribution in [2.24, 2.45) is 0 Å². The Kier molecular flexibility index (Phi) is 3.22. The average Bonchev–Trinajstić information content (AvgIpc) is 2.32. The molecular weight excluding hydrogens is 222 g/mol. The van der Waals surface area contributed by atoms with Crippen LogP contribution in [0.2, 0.25) is 5.02 Å². The number of aromatic hydroxyl groups is 1. The second-order valence-electron chi connectivity index (χ2n) is 3.29. The van der Waals surface area contributed by atoms with Crippen molar-refractivity contribution in [2.75, 3.05) is 0 Å². The summed E-state index contributed by atoms with van der Waals surface area (Å²) in [7, 11) is 0. The zero-order valence-corrected chi connectivity index (χ0v) is 9.22. The van der Waals surface area contributed by atoms with Gasteiger partial charge in [-0.15, -0.1) is 0 Å². The van der Waals surface area contributed by atoms with E-state index in [-0.39, 0.29) is 5.75 Å². The molecule has 0 spiro atoms. The summed E-state index contributed by atoms with van der Waals surface area (Å²) < 4.78 is 0. The highest BCUT2D eigenvalue weighted by Crippen LogP contribution is 2.23. The number of rotatable bonds is 2. The maximum absolute atomic E-state index is 9.58. The predicted molar refractivity (Wildman–Crippen MR) is 66.3 cm³/mol. The lowest BCUT2D eigenvalue weighted by Gasteiger charge is -1.99. The topological polar surface area (TPSA) is 33.1 Å². The summed E-state index contributed by atoms with van der Waals surface area (Å²) in [6.07, 6.45) is 5.33. The Morgan fingerprint density at radius 3 is 2.75 bits per heavy atom. The molecule has 2 aromatic rings. The Morgan fingerprint density at radius 2 is 2.00 bits per heavy atom. The van der Waals surface area contributed by atoms with Crippen LogP contribution >= 0.6 is 11.6 Å². The highest BCUT2D eigenvalue weighted by molar-refractivity contribution is 6.30. The first-order chi connectivity index (χ1) is 7.75. The highest BCUT2D eigenvalue weighted by Gasteiger charge is 1.97. The van der Waals surface area contributed by atoms with Crippen LogP contribution in [-0.2, 0) is 0 Å². The van der Waals surface area contributed by atoms with E-state index in [1.807, 2.05) is 24.3 Å². The van der Waals surface area contributed by atoms with Crippen molar-refractivity contribution in [2.45, 2.75) is 0 Å². The van der Waals surface area contributed by atoms with Crippen LogP contribution in [0.3, 0.4) is 0 Å². The number of phenols is 1. The molecule has 0 aliphatic carbocycles. The molecule has 0 amide bonds. The number of hydrogen-bond donors (Lipinski definition) is 1. The van der Waals surface area contributed by atoms with Crippen LogP contribution in [0.1, 0.15) is 11.3 Å². The molecule has 0 bridgehead atoms. The van der Waals surface area contributed by atoms with Gasteiger partial charge in [-0.05, 0) is 42.5 Å². The van der Waals surface area contributed by atoms with Crippen LogP contribution in [0.25, 0.3) is 12.2 Å². The quantitative estimate of drug-likeness (QED) is 0.857. The van der Waals surface area contributed by atoms with E-state index in [4.69, 9.17) is 11.6 Å². The number of hydrogen-bond acceptors (Lipinski definition) is 2. The summed E-state index contributed by atoms with van der Waals surface area (Å²) in [6, 6.07) is 10.6. The first-order valence-corrected chi connectivity index (χ1v) is 5.21. The molecule has 1 aromatic carbocycles. The van der Waals surface area contributed by atoms with Crippen molar-refractivity contribution in [3.05, 3.63) is 58.9 Å². The van der Waals surface area contributed by atoms with Crippen LogP contribution in [0.5, 0.6) is 5.75 Å². The van der Waals surface area contributed by atoms with Gasteiger partial charge in [0.15, 0.2) is 0 Å². The molecule has 0 aliphatic heterocycles. The van der Waals surface area contributed by atoms with Gasteiger partial charge < -0.3 is 5.11 Å². The van der Waals surface area contributed by atoms with Crippen molar-refractivity contribution in [3.63, 3.8) is 0 Å². The van der Waals surface area contributed by atoms with Crippen molar-refractivity contribution in [1.82, 2.24) is 4.98 Å². The summed E-state index contributed by atoms with van der Waals surface area (Å²) in [5.41, 5.74) is 1.51. The van der Waals surface area contributed by atoms with Crippen molar-refractivity contribution in [3.8, 4) is 5.75 Å². The molecule has 1 N–H and O–H groups in total. The Labute approximate surface area is 98.8 Å². The Balaban J connectivity index is 2.27. The highest BCUT2D eigenvalue weighted by atomic mass is 35.5. The molecule has 0 atom stereocenters. The standard InChI is InChI=1S/C13H10ClNO/c14-11-5-7-13(16)10(9-11)4-6-12-3-1-2-8-15-12/h1-9,16H. The first kappa shape index (κ1) is 10.7.